The number of nitrogens with zero attached hydrogens (tertiary/aromatic N) is 1. The molecular formula is C30H42N4O6. The first-order valence-corrected chi connectivity index (χ1v) is 13.4. The Bertz CT molecular complexity index is 1180. The Morgan fingerprint density at radius 1 is 1.00 bits per heavy atom. The van der Waals surface area contributed by atoms with Gasteiger partial charge in [0.1, 0.15) is 23.4 Å². The Hall–Kier alpha value is -4.08. The molecule has 40 heavy (non-hydrogen) atoms. The average molecular weight is 555 g/mol. The summed E-state index contributed by atoms with van der Waals surface area (Å²) >= 11 is 0. The highest BCUT2D eigenvalue weighted by atomic mass is 16.6. The van der Waals surface area contributed by atoms with Crippen molar-refractivity contribution in [1.29, 1.82) is 0 Å². The molecule has 0 saturated heterocycles. The molecule has 0 aliphatic rings. The molecule has 2 unspecified atom stereocenters. The number of benzene rings is 2. The number of amides is 4. The maximum absolute atomic E-state index is 14.3. The number of phenols is 1. The zero-order chi connectivity index (χ0) is 30.1. The van der Waals surface area contributed by atoms with Gasteiger partial charge in [0.15, 0.2) is 0 Å². The van der Waals surface area contributed by atoms with Gasteiger partial charge in [-0.2, -0.15) is 0 Å². The Kier molecular flexibility index (Phi) is 11.1. The minimum Gasteiger partial charge on any atom is -0.508 e. The van der Waals surface area contributed by atoms with Gasteiger partial charge in [-0.3, -0.25) is 14.4 Å². The van der Waals surface area contributed by atoms with Gasteiger partial charge in [-0.25, -0.2) is 4.79 Å². The van der Waals surface area contributed by atoms with Gasteiger partial charge < -0.3 is 31.1 Å². The highest BCUT2D eigenvalue weighted by Gasteiger charge is 2.43. The predicted molar refractivity (Wildman–Crippen MR) is 152 cm³/mol. The van der Waals surface area contributed by atoms with Crippen LogP contribution in [0.3, 0.4) is 0 Å². The van der Waals surface area contributed by atoms with Crippen LogP contribution in [0.1, 0.15) is 78.0 Å². The summed E-state index contributed by atoms with van der Waals surface area (Å²) in [5.41, 5.74) is 4.90. The van der Waals surface area contributed by atoms with E-state index in [0.29, 0.717) is 12.0 Å². The number of ether oxygens (including phenoxy) is 1. The number of rotatable bonds is 12. The predicted octanol–water partition coefficient (Wildman–Crippen LogP) is 3.93. The largest absolute Gasteiger partial charge is 0.508 e. The maximum atomic E-state index is 14.3. The van der Waals surface area contributed by atoms with Crippen molar-refractivity contribution in [3.05, 3.63) is 65.7 Å². The van der Waals surface area contributed by atoms with Crippen LogP contribution < -0.4 is 16.4 Å². The third kappa shape index (κ3) is 9.59. The molecule has 0 bridgehead atoms. The van der Waals surface area contributed by atoms with Gasteiger partial charge in [0.25, 0.3) is 0 Å². The number of carbonyl (C=O) groups is 4. The first-order valence-electron chi connectivity index (χ1n) is 13.4. The van der Waals surface area contributed by atoms with Crippen molar-refractivity contribution >= 4 is 23.8 Å². The lowest BCUT2D eigenvalue weighted by Gasteiger charge is -2.44. The van der Waals surface area contributed by atoms with E-state index in [9.17, 15) is 24.3 Å². The summed E-state index contributed by atoms with van der Waals surface area (Å²) in [5.74, 6) is -1.79. The SMILES string of the molecule is CCC(C)(C)N(C(=O)C(CCC(N)=O)NC(=O)OC(C)(C)C)C(C(=O)NCc1ccccc1)c1cccc(O)c1. The smallest absolute Gasteiger partial charge is 0.408 e. The van der Waals surface area contributed by atoms with Crippen LogP contribution in [0.4, 0.5) is 4.79 Å². The van der Waals surface area contributed by atoms with Crippen LogP contribution in [0.2, 0.25) is 0 Å². The van der Waals surface area contributed by atoms with Crippen molar-refractivity contribution in [2.45, 2.75) is 90.6 Å². The molecule has 218 valence electrons. The number of primary amides is 1. The summed E-state index contributed by atoms with van der Waals surface area (Å²) < 4.78 is 5.36. The number of aromatic hydroxyl groups is 1. The Morgan fingerprint density at radius 2 is 1.65 bits per heavy atom. The molecule has 2 atom stereocenters. The number of nitrogens with two attached hydrogens (primary N) is 1. The van der Waals surface area contributed by atoms with Gasteiger partial charge in [0.05, 0.1) is 0 Å². The molecule has 0 aromatic heterocycles. The van der Waals surface area contributed by atoms with Crippen molar-refractivity contribution in [1.82, 2.24) is 15.5 Å². The normalized spacial score (nSPS) is 13.1. The van der Waals surface area contributed by atoms with Gasteiger partial charge in [0, 0.05) is 18.5 Å². The third-order valence-electron chi connectivity index (χ3n) is 6.43. The van der Waals surface area contributed by atoms with Gasteiger partial charge in [-0.05, 0) is 70.7 Å². The van der Waals surface area contributed by atoms with Gasteiger partial charge in [-0.15, -0.1) is 0 Å². The molecule has 0 heterocycles. The lowest BCUT2D eigenvalue weighted by Crippen LogP contribution is -2.59. The second-order valence-electron chi connectivity index (χ2n) is 11.3. The van der Waals surface area contributed by atoms with E-state index in [-0.39, 0.29) is 25.1 Å². The molecule has 5 N–H and O–H groups in total. The van der Waals surface area contributed by atoms with Crippen molar-refractivity contribution in [3.63, 3.8) is 0 Å². The molecule has 0 radical (unpaired) electrons. The van der Waals surface area contributed by atoms with Crippen LogP contribution in [-0.4, -0.2) is 51.0 Å². The third-order valence-corrected chi connectivity index (χ3v) is 6.43. The minimum absolute atomic E-state index is 0.0720. The fourth-order valence-corrected chi connectivity index (χ4v) is 4.10. The van der Waals surface area contributed by atoms with Crippen LogP contribution in [0.25, 0.3) is 0 Å². The van der Waals surface area contributed by atoms with E-state index in [1.54, 1.807) is 32.9 Å². The van der Waals surface area contributed by atoms with E-state index >= 15 is 0 Å². The summed E-state index contributed by atoms with van der Waals surface area (Å²) in [6.45, 7) is 10.8. The molecule has 4 amide bonds. The zero-order valence-corrected chi connectivity index (χ0v) is 24.2. The van der Waals surface area contributed by atoms with Gasteiger partial charge >= 0.3 is 6.09 Å². The average Bonchev–Trinajstić information content (AvgIpc) is 2.87. The van der Waals surface area contributed by atoms with Crippen molar-refractivity contribution in [3.8, 4) is 5.75 Å². The zero-order valence-electron chi connectivity index (χ0n) is 24.2. The van der Waals surface area contributed by atoms with E-state index in [1.165, 1.54) is 17.0 Å². The maximum Gasteiger partial charge on any atom is 0.408 e. The molecule has 0 spiro atoms. The quantitative estimate of drug-likeness (QED) is 0.312. The molecule has 0 aliphatic carbocycles. The van der Waals surface area contributed by atoms with Crippen LogP contribution in [0.5, 0.6) is 5.75 Å². The highest BCUT2D eigenvalue weighted by molar-refractivity contribution is 5.93. The second-order valence-corrected chi connectivity index (χ2v) is 11.3. The Morgan fingerprint density at radius 3 is 2.20 bits per heavy atom. The van der Waals surface area contributed by atoms with Crippen LogP contribution in [-0.2, 0) is 25.7 Å². The first kappa shape index (κ1) is 32.1. The summed E-state index contributed by atoms with van der Waals surface area (Å²) in [5, 5.41) is 15.7. The monoisotopic (exact) mass is 554 g/mol. The number of carbonyl (C=O) groups excluding carboxylic acids is 4. The van der Waals surface area contributed by atoms with Gasteiger partial charge in [0.2, 0.25) is 17.7 Å². The summed E-state index contributed by atoms with van der Waals surface area (Å²) in [6, 6.07) is 13.1. The van der Waals surface area contributed by atoms with Crippen LogP contribution in [0, 0.1) is 0 Å². The van der Waals surface area contributed by atoms with E-state index in [4.69, 9.17) is 10.5 Å². The molecular weight excluding hydrogens is 512 g/mol. The fourth-order valence-electron chi connectivity index (χ4n) is 4.10. The minimum atomic E-state index is -1.21. The lowest BCUT2D eigenvalue weighted by molar-refractivity contribution is -0.149. The molecule has 10 nitrogen and oxygen atoms in total. The Balaban J connectivity index is 2.57. The number of phenolic OH excluding ortho intramolecular Hbond substituents is 1. The number of nitrogens with one attached hydrogen (secondary N) is 2. The summed E-state index contributed by atoms with van der Waals surface area (Å²) in [7, 11) is 0. The molecule has 2 aromatic rings. The van der Waals surface area contributed by atoms with Gasteiger partial charge in [-0.1, -0.05) is 49.4 Å². The van der Waals surface area contributed by atoms with Crippen LogP contribution >= 0.6 is 0 Å². The lowest BCUT2D eigenvalue weighted by atomic mass is 9.91. The Labute approximate surface area is 236 Å². The summed E-state index contributed by atoms with van der Waals surface area (Å²) in [6.07, 6.45) is -0.659. The number of hydrogen-bond acceptors (Lipinski definition) is 6. The van der Waals surface area contributed by atoms with Crippen molar-refractivity contribution in [2.24, 2.45) is 5.73 Å². The first-order chi connectivity index (χ1) is 18.6. The van der Waals surface area contributed by atoms with E-state index in [0.717, 1.165) is 5.56 Å². The standard InChI is InChI=1S/C30H42N4O6/c1-7-30(5,6)34(27(38)23(16-17-24(31)36)33-28(39)40-29(2,3)4)25(21-14-11-15-22(35)18-21)26(37)32-19-20-12-9-8-10-13-20/h8-15,18,23,25,35H,7,16-17,19H2,1-6H3,(H2,31,36)(H,32,37)(H,33,39). The molecule has 0 saturated carbocycles. The van der Waals surface area contributed by atoms with E-state index in [2.05, 4.69) is 10.6 Å². The van der Waals surface area contributed by atoms with E-state index < -0.39 is 47.0 Å². The fraction of sp³-hybridized carbons (Fsp3) is 0.467. The molecule has 2 rings (SSSR count). The summed E-state index contributed by atoms with van der Waals surface area (Å²) in [4.78, 5) is 53.9. The van der Waals surface area contributed by atoms with E-state index in [1.807, 2.05) is 51.1 Å². The number of hydrogen-bond donors (Lipinski definition) is 4. The van der Waals surface area contributed by atoms with Crippen molar-refractivity contribution < 1.29 is 29.0 Å². The molecule has 0 aliphatic heterocycles. The van der Waals surface area contributed by atoms with Crippen LogP contribution in [0.15, 0.2) is 54.6 Å². The topological polar surface area (TPSA) is 151 Å². The second kappa shape index (κ2) is 13.8. The molecule has 0 fully saturated rings. The van der Waals surface area contributed by atoms with Crippen molar-refractivity contribution in [2.75, 3.05) is 0 Å². The highest BCUT2D eigenvalue weighted by Crippen LogP contribution is 2.33. The number of alkyl carbamates (subject to hydrolysis) is 1. The molecule has 2 aromatic carbocycles. The molecule has 10 heteroatoms.